The Kier molecular flexibility index (Phi) is 5.46. The SMILES string of the molecule is CCCn1cc(CN2CCCC3(C2)CN(c2ccc(F)cc2)C(=O)CO3)cn1. The number of amides is 1. The predicted molar refractivity (Wildman–Crippen MR) is 104 cm³/mol. The van der Waals surface area contributed by atoms with Gasteiger partial charge in [-0.25, -0.2) is 4.39 Å². The minimum atomic E-state index is -0.375. The van der Waals surface area contributed by atoms with Gasteiger partial charge in [-0.15, -0.1) is 0 Å². The van der Waals surface area contributed by atoms with Crippen LogP contribution in [0.15, 0.2) is 36.7 Å². The molecule has 2 aliphatic rings. The number of nitrogens with zero attached hydrogens (tertiary/aromatic N) is 4. The van der Waals surface area contributed by atoms with Crippen LogP contribution in [0, 0.1) is 5.82 Å². The summed E-state index contributed by atoms with van der Waals surface area (Å²) in [6.45, 7) is 6.26. The van der Waals surface area contributed by atoms with Crippen molar-refractivity contribution in [1.82, 2.24) is 14.7 Å². The number of morpholine rings is 1. The predicted octanol–water partition coefficient (Wildman–Crippen LogP) is 2.83. The van der Waals surface area contributed by atoms with E-state index in [0.717, 1.165) is 51.1 Å². The van der Waals surface area contributed by atoms with Crippen LogP contribution in [0.3, 0.4) is 0 Å². The number of anilines is 1. The minimum absolute atomic E-state index is 0.0691. The summed E-state index contributed by atoms with van der Waals surface area (Å²) in [5, 5.41) is 4.42. The molecule has 1 aromatic carbocycles. The Morgan fingerprint density at radius 3 is 2.86 bits per heavy atom. The molecule has 0 saturated carbocycles. The van der Waals surface area contributed by atoms with E-state index in [0.29, 0.717) is 6.54 Å². The summed E-state index contributed by atoms with van der Waals surface area (Å²) in [6, 6.07) is 6.11. The second-order valence-electron chi connectivity index (χ2n) is 7.85. The highest BCUT2D eigenvalue weighted by molar-refractivity contribution is 5.95. The molecule has 1 amide bonds. The Labute approximate surface area is 164 Å². The molecule has 1 unspecified atom stereocenters. The number of aryl methyl sites for hydroxylation is 1. The van der Waals surface area contributed by atoms with E-state index in [1.807, 2.05) is 10.9 Å². The van der Waals surface area contributed by atoms with Crippen LogP contribution in [-0.2, 0) is 22.6 Å². The highest BCUT2D eigenvalue weighted by Crippen LogP contribution is 2.32. The zero-order chi connectivity index (χ0) is 19.6. The van der Waals surface area contributed by atoms with Crippen LogP contribution >= 0.6 is 0 Å². The number of carbonyl (C=O) groups is 1. The van der Waals surface area contributed by atoms with Crippen LogP contribution < -0.4 is 4.90 Å². The molecule has 2 saturated heterocycles. The van der Waals surface area contributed by atoms with Crippen LogP contribution in [0.5, 0.6) is 0 Å². The monoisotopic (exact) mass is 386 g/mol. The van der Waals surface area contributed by atoms with Crippen LogP contribution in [0.1, 0.15) is 31.7 Å². The molecule has 0 N–H and O–H groups in total. The van der Waals surface area contributed by atoms with Crippen LogP contribution in [-0.4, -0.2) is 52.4 Å². The Bertz CT molecular complexity index is 822. The second kappa shape index (κ2) is 8.01. The van der Waals surface area contributed by atoms with Crippen molar-refractivity contribution >= 4 is 11.6 Å². The Balaban J connectivity index is 1.45. The number of aromatic nitrogens is 2. The summed E-state index contributed by atoms with van der Waals surface area (Å²) in [6.07, 6.45) is 7.06. The molecule has 2 aliphatic heterocycles. The smallest absolute Gasteiger partial charge is 0.253 e. The Morgan fingerprint density at radius 2 is 2.07 bits per heavy atom. The number of rotatable bonds is 5. The van der Waals surface area contributed by atoms with Crippen LogP contribution in [0.25, 0.3) is 0 Å². The number of likely N-dealkylation sites (tertiary alicyclic amines) is 1. The maximum absolute atomic E-state index is 13.3. The third-order valence-electron chi connectivity index (χ3n) is 5.55. The number of ether oxygens (including phenoxy) is 1. The first-order valence-electron chi connectivity index (χ1n) is 10.0. The van der Waals surface area contributed by atoms with Gasteiger partial charge >= 0.3 is 0 Å². The average Bonchev–Trinajstić information content (AvgIpc) is 3.12. The topological polar surface area (TPSA) is 50.6 Å². The molecule has 2 fully saturated rings. The van der Waals surface area contributed by atoms with Crippen LogP contribution in [0.4, 0.5) is 10.1 Å². The Morgan fingerprint density at radius 1 is 1.25 bits per heavy atom. The molecular formula is C21H27FN4O2. The molecule has 28 heavy (non-hydrogen) atoms. The summed E-state index contributed by atoms with van der Waals surface area (Å²) in [4.78, 5) is 16.6. The fraction of sp³-hybridized carbons (Fsp3) is 0.524. The summed E-state index contributed by atoms with van der Waals surface area (Å²) in [5.74, 6) is -0.373. The van der Waals surface area contributed by atoms with E-state index in [9.17, 15) is 9.18 Å². The zero-order valence-electron chi connectivity index (χ0n) is 16.3. The minimum Gasteiger partial charge on any atom is -0.362 e. The van der Waals surface area contributed by atoms with Gasteiger partial charge in [0.15, 0.2) is 0 Å². The molecule has 4 rings (SSSR count). The first-order valence-corrected chi connectivity index (χ1v) is 10.0. The number of benzene rings is 1. The van der Waals surface area contributed by atoms with Crippen molar-refractivity contribution in [2.45, 2.75) is 44.9 Å². The van der Waals surface area contributed by atoms with Crippen molar-refractivity contribution in [2.75, 3.05) is 31.1 Å². The molecule has 2 aromatic rings. The zero-order valence-corrected chi connectivity index (χ0v) is 16.3. The quantitative estimate of drug-likeness (QED) is 0.793. The summed E-state index contributed by atoms with van der Waals surface area (Å²) in [7, 11) is 0. The molecular weight excluding hydrogens is 359 g/mol. The lowest BCUT2D eigenvalue weighted by atomic mass is 9.90. The molecule has 1 atom stereocenters. The van der Waals surface area contributed by atoms with Gasteiger partial charge in [0.25, 0.3) is 5.91 Å². The molecule has 7 heteroatoms. The third-order valence-corrected chi connectivity index (χ3v) is 5.55. The van der Waals surface area contributed by atoms with Gasteiger partial charge in [-0.05, 0) is 50.1 Å². The summed E-state index contributed by atoms with van der Waals surface area (Å²) in [5.41, 5.74) is 1.56. The van der Waals surface area contributed by atoms with Crippen LogP contribution in [0.2, 0.25) is 0 Å². The van der Waals surface area contributed by atoms with Gasteiger partial charge < -0.3 is 9.64 Å². The van der Waals surface area contributed by atoms with E-state index < -0.39 is 0 Å². The number of hydrogen-bond acceptors (Lipinski definition) is 4. The molecule has 0 aliphatic carbocycles. The van der Waals surface area contributed by atoms with E-state index in [-0.39, 0.29) is 23.9 Å². The number of hydrogen-bond donors (Lipinski definition) is 0. The van der Waals surface area contributed by atoms with Gasteiger partial charge in [0.2, 0.25) is 0 Å². The molecule has 150 valence electrons. The first-order chi connectivity index (χ1) is 13.6. The van der Waals surface area contributed by atoms with E-state index in [4.69, 9.17) is 4.74 Å². The van der Waals surface area contributed by atoms with Gasteiger partial charge in [0, 0.05) is 37.1 Å². The van der Waals surface area contributed by atoms with Gasteiger partial charge in [-0.3, -0.25) is 14.4 Å². The third kappa shape index (κ3) is 4.10. The number of piperidine rings is 1. The molecule has 1 aromatic heterocycles. The number of carbonyl (C=O) groups excluding carboxylic acids is 1. The van der Waals surface area contributed by atoms with Crippen molar-refractivity contribution < 1.29 is 13.9 Å². The van der Waals surface area contributed by atoms with Crippen molar-refractivity contribution in [3.63, 3.8) is 0 Å². The van der Waals surface area contributed by atoms with Crippen molar-refractivity contribution in [1.29, 1.82) is 0 Å². The van der Waals surface area contributed by atoms with E-state index in [1.54, 1.807) is 17.0 Å². The lowest BCUT2D eigenvalue weighted by molar-refractivity contribution is -0.146. The van der Waals surface area contributed by atoms with E-state index in [1.165, 1.54) is 17.7 Å². The largest absolute Gasteiger partial charge is 0.362 e. The fourth-order valence-electron chi connectivity index (χ4n) is 4.24. The summed E-state index contributed by atoms with van der Waals surface area (Å²) >= 11 is 0. The normalized spacial score (nSPS) is 23.5. The molecule has 0 bridgehead atoms. The second-order valence-corrected chi connectivity index (χ2v) is 7.85. The fourth-order valence-corrected chi connectivity index (χ4v) is 4.24. The summed E-state index contributed by atoms with van der Waals surface area (Å²) < 4.78 is 21.3. The maximum Gasteiger partial charge on any atom is 0.253 e. The van der Waals surface area contributed by atoms with Gasteiger partial charge in [-0.2, -0.15) is 5.10 Å². The van der Waals surface area contributed by atoms with Gasteiger partial charge in [0.05, 0.1) is 18.3 Å². The average molecular weight is 386 g/mol. The Hall–Kier alpha value is -2.25. The first kappa shape index (κ1) is 19.1. The highest BCUT2D eigenvalue weighted by atomic mass is 19.1. The van der Waals surface area contributed by atoms with E-state index in [2.05, 4.69) is 23.1 Å². The molecule has 6 nitrogen and oxygen atoms in total. The number of halogens is 1. The van der Waals surface area contributed by atoms with Crippen molar-refractivity contribution in [2.24, 2.45) is 0 Å². The molecule has 3 heterocycles. The van der Waals surface area contributed by atoms with Gasteiger partial charge in [0.1, 0.15) is 12.4 Å². The highest BCUT2D eigenvalue weighted by Gasteiger charge is 2.43. The van der Waals surface area contributed by atoms with Crippen molar-refractivity contribution in [3.8, 4) is 0 Å². The lowest BCUT2D eigenvalue weighted by Crippen LogP contribution is -2.61. The van der Waals surface area contributed by atoms with E-state index >= 15 is 0 Å². The lowest BCUT2D eigenvalue weighted by Gasteiger charge is -2.47. The standard InChI is InChI=1S/C21H27FN4O2/c1-2-9-25-13-17(11-23-25)12-24-10-3-8-21(15-24)16-26(20(27)14-28-21)19-6-4-18(22)5-7-19/h4-7,11,13H,2-3,8-10,12,14-16H2,1H3. The van der Waals surface area contributed by atoms with Crippen molar-refractivity contribution in [3.05, 3.63) is 48.0 Å². The maximum atomic E-state index is 13.3. The molecule has 1 spiro atoms. The van der Waals surface area contributed by atoms with Gasteiger partial charge in [-0.1, -0.05) is 6.92 Å². The molecule has 0 radical (unpaired) electrons.